The lowest BCUT2D eigenvalue weighted by Gasteiger charge is -2.12. The van der Waals surface area contributed by atoms with E-state index in [9.17, 15) is 16.8 Å². The van der Waals surface area contributed by atoms with Crippen LogP contribution in [0.15, 0.2) is 0 Å². The number of rotatable bonds is 4. The van der Waals surface area contributed by atoms with E-state index in [2.05, 4.69) is 9.08 Å². The Kier molecular flexibility index (Phi) is 7.17. The van der Waals surface area contributed by atoms with Gasteiger partial charge < -0.3 is 4.90 Å². The van der Waals surface area contributed by atoms with Crippen molar-refractivity contribution >= 4 is 20.2 Å². The molecule has 1 saturated heterocycles. The second-order valence-corrected chi connectivity index (χ2v) is 6.92. The van der Waals surface area contributed by atoms with E-state index in [-0.39, 0.29) is 0 Å². The molecule has 0 bridgehead atoms. The normalized spacial score (nSPS) is 17.6. The number of likely N-dealkylation sites (tertiary alicyclic amines) is 1. The Labute approximate surface area is 103 Å². The molecular formula is C8H19NO6S2. The second kappa shape index (κ2) is 7.27. The maximum absolute atomic E-state index is 10.6. The van der Waals surface area contributed by atoms with Gasteiger partial charge in [-0.15, -0.1) is 0 Å². The van der Waals surface area contributed by atoms with Crippen molar-refractivity contribution in [3.8, 4) is 0 Å². The maximum Gasteiger partial charge on any atom is 0.264 e. The number of hydrogen-bond acceptors (Lipinski definition) is 6. The minimum atomic E-state index is -3.67. The van der Waals surface area contributed by atoms with Crippen molar-refractivity contribution in [3.63, 3.8) is 0 Å². The second-order valence-electron chi connectivity index (χ2n) is 3.81. The summed E-state index contributed by atoms with van der Waals surface area (Å²) in [6, 6.07) is 0. The zero-order valence-electron chi connectivity index (χ0n) is 9.99. The molecule has 0 spiro atoms. The Morgan fingerprint density at radius 2 is 1.53 bits per heavy atom. The van der Waals surface area contributed by atoms with E-state index >= 15 is 0 Å². The summed E-state index contributed by atoms with van der Waals surface area (Å²) in [5.41, 5.74) is 0. The van der Waals surface area contributed by atoms with E-state index in [1.165, 1.54) is 12.8 Å². The molecule has 9 heteroatoms. The van der Waals surface area contributed by atoms with Crippen LogP contribution in [-0.4, -0.2) is 65.0 Å². The van der Waals surface area contributed by atoms with Gasteiger partial charge in [0.1, 0.15) is 0 Å². The van der Waals surface area contributed by atoms with E-state index in [1.54, 1.807) is 0 Å². The summed E-state index contributed by atoms with van der Waals surface area (Å²) in [6.07, 6.45) is 4.24. The monoisotopic (exact) mass is 289 g/mol. The minimum Gasteiger partial charge on any atom is -0.301 e. The largest absolute Gasteiger partial charge is 0.301 e. The molecule has 1 aliphatic heterocycles. The zero-order valence-corrected chi connectivity index (χ0v) is 11.6. The lowest BCUT2D eigenvalue weighted by atomic mass is 10.4. The quantitative estimate of drug-likeness (QED) is 0.553. The van der Waals surface area contributed by atoms with Gasteiger partial charge in [-0.2, -0.15) is 16.8 Å². The highest BCUT2D eigenvalue weighted by Crippen LogP contribution is 2.06. The molecule has 104 valence electrons. The van der Waals surface area contributed by atoms with Gasteiger partial charge in [-0.25, -0.2) is 0 Å². The summed E-state index contributed by atoms with van der Waals surface area (Å²) in [4.78, 5) is 2.21. The molecule has 0 aromatic rings. The molecule has 1 heterocycles. The van der Waals surface area contributed by atoms with Gasteiger partial charge in [0.25, 0.3) is 20.2 Å². The lowest BCUT2D eigenvalue weighted by molar-refractivity contribution is 0.243. The molecule has 1 aliphatic rings. The van der Waals surface area contributed by atoms with Crippen molar-refractivity contribution in [1.29, 1.82) is 0 Å². The van der Waals surface area contributed by atoms with Crippen LogP contribution in [0.3, 0.4) is 0 Å². The van der Waals surface area contributed by atoms with Crippen LogP contribution in [-0.2, 0) is 24.4 Å². The topological polar surface area (TPSA) is 101 Å². The molecule has 0 aliphatic carbocycles. The van der Waals surface area contributed by atoms with Crippen LogP contribution in [0.4, 0.5) is 0 Å². The molecule has 1 N–H and O–H groups in total. The van der Waals surface area contributed by atoms with Crippen molar-refractivity contribution in [2.75, 3.05) is 38.8 Å². The first-order valence-electron chi connectivity index (χ1n) is 5.07. The Morgan fingerprint density at radius 3 is 1.88 bits per heavy atom. The predicted molar refractivity (Wildman–Crippen MR) is 63.9 cm³/mol. The van der Waals surface area contributed by atoms with E-state index in [0.717, 1.165) is 25.9 Å². The van der Waals surface area contributed by atoms with Gasteiger partial charge in [-0.3, -0.25) is 8.74 Å². The molecule has 1 rings (SSSR count). The first-order chi connectivity index (χ1) is 7.58. The summed E-state index contributed by atoms with van der Waals surface area (Å²) >= 11 is 0. The average Bonchev–Trinajstić information content (AvgIpc) is 2.50. The molecule has 7 nitrogen and oxygen atoms in total. The van der Waals surface area contributed by atoms with Gasteiger partial charge >= 0.3 is 0 Å². The fourth-order valence-corrected chi connectivity index (χ4v) is 1.70. The minimum absolute atomic E-state index is 0.291. The van der Waals surface area contributed by atoms with E-state index in [1.807, 2.05) is 0 Å². The third-order valence-electron chi connectivity index (χ3n) is 1.90. The summed E-state index contributed by atoms with van der Waals surface area (Å²) < 4.78 is 51.6. The summed E-state index contributed by atoms with van der Waals surface area (Å²) in [7, 11) is -6.91. The highest BCUT2D eigenvalue weighted by molar-refractivity contribution is 7.86. The smallest absolute Gasteiger partial charge is 0.264 e. The third-order valence-corrected chi connectivity index (χ3v) is 2.50. The third kappa shape index (κ3) is 15.8. The van der Waals surface area contributed by atoms with Gasteiger partial charge in [0, 0.05) is 6.54 Å². The number of hydrogen-bond donors (Lipinski definition) is 1. The highest BCUT2D eigenvalue weighted by Gasteiger charge is 2.11. The van der Waals surface area contributed by atoms with E-state index in [0.29, 0.717) is 12.9 Å². The van der Waals surface area contributed by atoms with Crippen LogP contribution in [0.2, 0.25) is 0 Å². The van der Waals surface area contributed by atoms with Crippen molar-refractivity contribution < 1.29 is 25.6 Å². The molecule has 0 amide bonds. The van der Waals surface area contributed by atoms with E-state index in [4.69, 9.17) is 4.55 Å². The molecule has 0 aromatic heterocycles. The SMILES string of the molecule is CS(=O)(=O)O.CS(=O)(=O)OCCN1CCCC1. The summed E-state index contributed by atoms with van der Waals surface area (Å²) in [5, 5.41) is 0. The molecule has 17 heavy (non-hydrogen) atoms. The first-order valence-corrected chi connectivity index (χ1v) is 8.73. The molecule has 0 radical (unpaired) electrons. The van der Waals surface area contributed by atoms with Crippen LogP contribution >= 0.6 is 0 Å². The molecule has 0 saturated carbocycles. The Hall–Kier alpha value is -0.220. The van der Waals surface area contributed by atoms with Crippen LogP contribution in [0.1, 0.15) is 12.8 Å². The Balaban J connectivity index is 0.000000437. The number of nitrogens with zero attached hydrogens (tertiary/aromatic N) is 1. The standard InChI is InChI=1S/C7H15NO3S.CH4O3S/c1-12(9,10)11-7-6-8-4-2-3-5-8;1-5(2,3)4/h2-7H2,1H3;1H3,(H,2,3,4). The average molecular weight is 289 g/mol. The van der Waals surface area contributed by atoms with Gasteiger partial charge in [-0.05, 0) is 25.9 Å². The van der Waals surface area contributed by atoms with Gasteiger partial charge in [0.2, 0.25) is 0 Å². The van der Waals surface area contributed by atoms with Crippen LogP contribution in [0.5, 0.6) is 0 Å². The van der Waals surface area contributed by atoms with Crippen LogP contribution in [0.25, 0.3) is 0 Å². The molecule has 0 aromatic carbocycles. The fourth-order valence-electron chi connectivity index (χ4n) is 1.32. The lowest BCUT2D eigenvalue weighted by Crippen LogP contribution is -2.24. The molecule has 0 unspecified atom stereocenters. The zero-order chi connectivity index (χ0) is 13.5. The van der Waals surface area contributed by atoms with Gasteiger partial charge in [0.05, 0.1) is 19.1 Å². The highest BCUT2D eigenvalue weighted by atomic mass is 32.2. The first kappa shape index (κ1) is 16.8. The molecular weight excluding hydrogens is 270 g/mol. The van der Waals surface area contributed by atoms with E-state index < -0.39 is 20.2 Å². The van der Waals surface area contributed by atoms with Crippen molar-refractivity contribution in [2.24, 2.45) is 0 Å². The molecule has 0 atom stereocenters. The Morgan fingerprint density at radius 1 is 1.12 bits per heavy atom. The van der Waals surface area contributed by atoms with Crippen molar-refractivity contribution in [3.05, 3.63) is 0 Å². The maximum atomic E-state index is 10.6. The van der Waals surface area contributed by atoms with Crippen molar-refractivity contribution in [1.82, 2.24) is 4.90 Å². The predicted octanol–water partition coefficient (Wildman–Crippen LogP) is -0.438. The fraction of sp³-hybridized carbons (Fsp3) is 1.00. The van der Waals surface area contributed by atoms with Crippen LogP contribution in [0, 0.1) is 0 Å². The summed E-state index contributed by atoms with van der Waals surface area (Å²) in [6.45, 7) is 3.17. The Bertz CT molecular complexity index is 388. The molecule has 1 fully saturated rings. The van der Waals surface area contributed by atoms with Crippen molar-refractivity contribution in [2.45, 2.75) is 12.8 Å². The van der Waals surface area contributed by atoms with Crippen LogP contribution < -0.4 is 0 Å². The van der Waals surface area contributed by atoms with Gasteiger partial charge in [-0.1, -0.05) is 0 Å². The summed E-state index contributed by atoms with van der Waals surface area (Å²) in [5.74, 6) is 0. The van der Waals surface area contributed by atoms with Gasteiger partial charge in [0.15, 0.2) is 0 Å².